The van der Waals surface area contributed by atoms with Gasteiger partial charge in [0.15, 0.2) is 5.78 Å². The van der Waals surface area contributed by atoms with E-state index in [2.05, 4.69) is 10.00 Å². The molecule has 0 bridgehead atoms. The van der Waals surface area contributed by atoms with E-state index in [4.69, 9.17) is 0 Å². The lowest BCUT2D eigenvalue weighted by Crippen LogP contribution is -2.48. The molecule has 1 fully saturated rings. The van der Waals surface area contributed by atoms with Gasteiger partial charge in [-0.1, -0.05) is 17.7 Å². The highest BCUT2D eigenvalue weighted by molar-refractivity contribution is 7.89. The zero-order valence-electron chi connectivity index (χ0n) is 18.9. The van der Waals surface area contributed by atoms with Crippen LogP contribution in [-0.2, 0) is 10.0 Å². The first-order valence-electron chi connectivity index (χ1n) is 10.7. The molecule has 0 aliphatic carbocycles. The minimum Gasteiger partial charge on any atom is -0.369 e. The second-order valence-electron chi connectivity index (χ2n) is 8.24. The van der Waals surface area contributed by atoms with Crippen molar-refractivity contribution in [3.05, 3.63) is 71.0 Å². The third-order valence-corrected chi connectivity index (χ3v) is 8.13. The van der Waals surface area contributed by atoms with Gasteiger partial charge in [0.05, 0.1) is 17.1 Å². The van der Waals surface area contributed by atoms with Crippen molar-refractivity contribution in [2.24, 2.45) is 0 Å². The number of sulfonamides is 1. The van der Waals surface area contributed by atoms with E-state index in [1.54, 1.807) is 29.8 Å². The maximum absolute atomic E-state index is 13.5. The highest BCUT2D eigenvalue weighted by atomic mass is 32.2. The van der Waals surface area contributed by atoms with Crippen molar-refractivity contribution in [3.63, 3.8) is 0 Å². The fourth-order valence-corrected chi connectivity index (χ4v) is 5.94. The molecule has 1 saturated heterocycles. The molecule has 7 nitrogen and oxygen atoms in total. The highest BCUT2D eigenvalue weighted by Gasteiger charge is 2.33. The summed E-state index contributed by atoms with van der Waals surface area (Å²) < 4.78 is 30.3. The van der Waals surface area contributed by atoms with Gasteiger partial charge in [0.25, 0.3) is 0 Å². The summed E-state index contributed by atoms with van der Waals surface area (Å²) in [5, 5.41) is 4.53. The van der Waals surface area contributed by atoms with Crippen LogP contribution in [-0.4, -0.2) is 54.5 Å². The number of ketones is 1. The molecule has 1 aliphatic heterocycles. The molecule has 2 heterocycles. The van der Waals surface area contributed by atoms with Gasteiger partial charge in [-0.15, -0.1) is 0 Å². The SMILES string of the molecule is CC(=O)c1ccc(N2CCN(S(=O)(=O)c3c(C)nn(-c4ccc(C)cc4)c3C)CC2)cc1. The quantitative estimate of drug-likeness (QED) is 0.554. The number of nitrogens with zero attached hydrogens (tertiary/aromatic N) is 4. The van der Waals surface area contributed by atoms with Crippen LogP contribution in [0.25, 0.3) is 5.69 Å². The second kappa shape index (κ2) is 8.52. The fraction of sp³-hybridized carbons (Fsp3) is 0.333. The summed E-state index contributed by atoms with van der Waals surface area (Å²) in [7, 11) is -3.66. The molecule has 0 amide bonds. The summed E-state index contributed by atoms with van der Waals surface area (Å²) in [4.78, 5) is 13.9. The number of aromatic nitrogens is 2. The maximum Gasteiger partial charge on any atom is 0.246 e. The normalized spacial score (nSPS) is 15.2. The zero-order valence-corrected chi connectivity index (χ0v) is 19.7. The van der Waals surface area contributed by atoms with Crippen LogP contribution in [0.3, 0.4) is 0 Å². The first-order chi connectivity index (χ1) is 15.2. The Kier molecular flexibility index (Phi) is 5.92. The van der Waals surface area contributed by atoms with Gasteiger partial charge in [-0.05, 0) is 64.1 Å². The molecule has 4 rings (SSSR count). The highest BCUT2D eigenvalue weighted by Crippen LogP contribution is 2.27. The van der Waals surface area contributed by atoms with Crippen LogP contribution < -0.4 is 4.90 Å². The van der Waals surface area contributed by atoms with Crippen LogP contribution in [0, 0.1) is 20.8 Å². The molecule has 0 unspecified atom stereocenters. The van der Waals surface area contributed by atoms with Crippen molar-refractivity contribution in [2.75, 3.05) is 31.1 Å². The van der Waals surface area contributed by atoms with Gasteiger partial charge >= 0.3 is 0 Å². The van der Waals surface area contributed by atoms with Crippen molar-refractivity contribution < 1.29 is 13.2 Å². The average Bonchev–Trinajstić information content (AvgIpc) is 3.09. The summed E-state index contributed by atoms with van der Waals surface area (Å²) in [6, 6.07) is 15.3. The first-order valence-corrected chi connectivity index (χ1v) is 12.1. The molecular weight excluding hydrogens is 424 g/mol. The Morgan fingerprint density at radius 3 is 1.97 bits per heavy atom. The van der Waals surface area contributed by atoms with Gasteiger partial charge in [-0.3, -0.25) is 4.79 Å². The van der Waals surface area contributed by atoms with Gasteiger partial charge in [0.2, 0.25) is 10.0 Å². The predicted molar refractivity (Wildman–Crippen MR) is 125 cm³/mol. The number of hydrogen-bond acceptors (Lipinski definition) is 5. The van der Waals surface area contributed by atoms with Gasteiger partial charge in [0.1, 0.15) is 4.90 Å². The third kappa shape index (κ3) is 4.08. The van der Waals surface area contributed by atoms with E-state index in [-0.39, 0.29) is 10.7 Å². The first kappa shape index (κ1) is 22.2. The van der Waals surface area contributed by atoms with E-state index in [1.807, 2.05) is 55.5 Å². The molecule has 3 aromatic rings. The van der Waals surface area contributed by atoms with Gasteiger partial charge in [-0.2, -0.15) is 9.40 Å². The van der Waals surface area contributed by atoms with Crippen molar-refractivity contribution in [2.45, 2.75) is 32.6 Å². The minimum absolute atomic E-state index is 0.0318. The Labute approximate surface area is 189 Å². The van der Waals surface area contributed by atoms with Crippen molar-refractivity contribution in [1.82, 2.24) is 14.1 Å². The fourth-order valence-electron chi connectivity index (χ4n) is 4.16. The summed E-state index contributed by atoms with van der Waals surface area (Å²) in [5.41, 5.74) is 4.77. The monoisotopic (exact) mass is 452 g/mol. The molecule has 32 heavy (non-hydrogen) atoms. The molecule has 0 radical (unpaired) electrons. The van der Waals surface area contributed by atoms with Crippen molar-refractivity contribution in [3.8, 4) is 5.69 Å². The molecule has 1 aromatic heterocycles. The predicted octanol–water partition coefficient (Wildman–Crippen LogP) is 3.51. The lowest BCUT2D eigenvalue weighted by molar-refractivity contribution is 0.101. The topological polar surface area (TPSA) is 75.5 Å². The minimum atomic E-state index is -3.66. The smallest absolute Gasteiger partial charge is 0.246 e. The van der Waals surface area contributed by atoms with E-state index in [0.717, 1.165) is 16.9 Å². The second-order valence-corrected chi connectivity index (χ2v) is 10.1. The number of hydrogen-bond donors (Lipinski definition) is 0. The number of piperazine rings is 1. The van der Waals surface area contributed by atoms with Gasteiger partial charge in [-0.25, -0.2) is 13.1 Å². The lowest BCUT2D eigenvalue weighted by atomic mass is 10.1. The number of benzene rings is 2. The number of rotatable bonds is 5. The average molecular weight is 453 g/mol. The van der Waals surface area contributed by atoms with Crippen LogP contribution >= 0.6 is 0 Å². The molecule has 0 atom stereocenters. The van der Waals surface area contributed by atoms with Gasteiger partial charge in [0, 0.05) is 37.4 Å². The summed E-state index contributed by atoms with van der Waals surface area (Å²) in [6.07, 6.45) is 0. The van der Waals surface area contributed by atoms with E-state index in [1.165, 1.54) is 0 Å². The lowest BCUT2D eigenvalue weighted by Gasteiger charge is -2.35. The number of carbonyl (C=O) groups excluding carboxylic acids is 1. The maximum atomic E-state index is 13.5. The number of anilines is 1. The van der Waals surface area contributed by atoms with E-state index in [0.29, 0.717) is 43.1 Å². The Balaban J connectivity index is 1.54. The molecule has 0 spiro atoms. The summed E-state index contributed by atoms with van der Waals surface area (Å²) in [6.45, 7) is 9.07. The Morgan fingerprint density at radius 2 is 1.41 bits per heavy atom. The van der Waals surface area contributed by atoms with Crippen LogP contribution in [0.5, 0.6) is 0 Å². The van der Waals surface area contributed by atoms with E-state index < -0.39 is 10.0 Å². The third-order valence-electron chi connectivity index (χ3n) is 5.98. The Hall–Kier alpha value is -2.97. The molecule has 1 aliphatic rings. The zero-order chi connectivity index (χ0) is 23.0. The standard InChI is InChI=1S/C24H28N4O3S/c1-17-5-9-23(10-6-17)28-19(3)24(18(2)25-28)32(30,31)27-15-13-26(14-16-27)22-11-7-21(8-12-22)20(4)29/h5-12H,13-16H2,1-4H3. The Bertz CT molecular complexity index is 1240. The molecular formula is C24H28N4O3S. The number of carbonyl (C=O) groups is 1. The van der Waals surface area contributed by atoms with E-state index in [9.17, 15) is 13.2 Å². The Morgan fingerprint density at radius 1 is 0.844 bits per heavy atom. The van der Waals surface area contributed by atoms with Gasteiger partial charge < -0.3 is 4.90 Å². The number of Topliss-reactive ketones (excluding diaryl/α,β-unsaturated/α-hetero) is 1. The number of aryl methyl sites for hydroxylation is 2. The molecule has 0 N–H and O–H groups in total. The molecule has 2 aromatic carbocycles. The van der Waals surface area contributed by atoms with Crippen molar-refractivity contribution >= 4 is 21.5 Å². The van der Waals surface area contributed by atoms with Crippen LogP contribution in [0.1, 0.15) is 34.2 Å². The van der Waals surface area contributed by atoms with Crippen LogP contribution in [0.15, 0.2) is 53.4 Å². The van der Waals surface area contributed by atoms with Crippen molar-refractivity contribution in [1.29, 1.82) is 0 Å². The van der Waals surface area contributed by atoms with Crippen LogP contribution in [0.4, 0.5) is 5.69 Å². The molecule has 0 saturated carbocycles. The van der Waals surface area contributed by atoms with Crippen LogP contribution in [0.2, 0.25) is 0 Å². The van der Waals surface area contributed by atoms with E-state index >= 15 is 0 Å². The summed E-state index contributed by atoms with van der Waals surface area (Å²) in [5.74, 6) is 0.0318. The molecule has 8 heteroatoms. The molecule has 168 valence electrons. The summed E-state index contributed by atoms with van der Waals surface area (Å²) >= 11 is 0. The largest absolute Gasteiger partial charge is 0.369 e.